The molecule has 8 heteroatoms. The van der Waals surface area contributed by atoms with Gasteiger partial charge in [-0.15, -0.1) is 0 Å². The van der Waals surface area contributed by atoms with Crippen molar-refractivity contribution in [1.29, 1.82) is 0 Å². The molecule has 116 valence electrons. The van der Waals surface area contributed by atoms with Crippen LogP contribution in [0.15, 0.2) is 42.6 Å². The zero-order valence-electron chi connectivity index (χ0n) is 11.9. The molecule has 21 heavy (non-hydrogen) atoms. The summed E-state index contributed by atoms with van der Waals surface area (Å²) in [5.74, 6) is 0.915. The first-order valence-electron chi connectivity index (χ1n) is 6.13. The van der Waals surface area contributed by atoms with Crippen molar-refractivity contribution in [3.8, 4) is 0 Å². The van der Waals surface area contributed by atoms with Gasteiger partial charge in [0.15, 0.2) is 13.2 Å². The number of rotatable bonds is 4. The van der Waals surface area contributed by atoms with E-state index in [1.165, 1.54) is 0 Å². The second-order valence-electron chi connectivity index (χ2n) is 4.03. The first kappa shape index (κ1) is 17.2. The summed E-state index contributed by atoms with van der Waals surface area (Å²) >= 11 is 0. The van der Waals surface area contributed by atoms with Crippen molar-refractivity contribution >= 4 is 22.0 Å². The summed E-state index contributed by atoms with van der Waals surface area (Å²) in [5.41, 5.74) is 1.08. The number of ether oxygens (including phenoxy) is 1. The minimum atomic E-state index is -4.41. The van der Waals surface area contributed by atoms with E-state index in [2.05, 4.69) is 14.1 Å². The quantitative estimate of drug-likeness (QED) is 0.502. The lowest BCUT2D eigenvalue weighted by atomic mass is 10.3. The van der Waals surface area contributed by atoms with Gasteiger partial charge in [0.2, 0.25) is 10.4 Å². The predicted octanol–water partition coefficient (Wildman–Crippen LogP) is 0.776. The van der Waals surface area contributed by atoms with Crippen LogP contribution in [0.25, 0.3) is 0 Å². The first-order chi connectivity index (χ1) is 9.92. The predicted molar refractivity (Wildman–Crippen MR) is 77.9 cm³/mol. The van der Waals surface area contributed by atoms with Crippen molar-refractivity contribution < 1.29 is 26.5 Å². The van der Waals surface area contributed by atoms with E-state index in [1.54, 1.807) is 0 Å². The Morgan fingerprint density at radius 1 is 1.38 bits per heavy atom. The molecule has 2 rings (SSSR count). The van der Waals surface area contributed by atoms with Gasteiger partial charge >= 0.3 is 5.90 Å². The molecule has 1 heterocycles. The molecule has 1 N–H and O–H groups in total. The number of anilines is 1. The third-order valence-electron chi connectivity index (χ3n) is 2.51. The lowest BCUT2D eigenvalue weighted by Gasteiger charge is -1.98. The van der Waals surface area contributed by atoms with Gasteiger partial charge in [0.05, 0.1) is 13.2 Å². The second-order valence-corrected chi connectivity index (χ2v) is 5.18. The summed E-state index contributed by atoms with van der Waals surface area (Å²) < 4.78 is 38.5. The average Bonchev–Trinajstić information content (AvgIpc) is 2.86. The van der Waals surface area contributed by atoms with Crippen LogP contribution in [0.1, 0.15) is 0 Å². The molecule has 0 unspecified atom stereocenters. The molecule has 0 amide bonds. The van der Waals surface area contributed by atoms with Gasteiger partial charge in [-0.3, -0.25) is 4.18 Å². The van der Waals surface area contributed by atoms with Gasteiger partial charge in [0.1, 0.15) is 7.05 Å². The molecule has 1 aromatic carbocycles. The number of likely N-dealkylation sites (N-methyl/N-ethyl adjacent to an activating group) is 1. The van der Waals surface area contributed by atoms with Gasteiger partial charge in [-0.1, -0.05) is 18.2 Å². The van der Waals surface area contributed by atoms with Crippen LogP contribution in [-0.4, -0.2) is 50.8 Å². The van der Waals surface area contributed by atoms with Crippen LogP contribution in [0.5, 0.6) is 0 Å². The largest absolute Gasteiger partial charge is 0.726 e. The molecule has 0 spiro atoms. The van der Waals surface area contributed by atoms with E-state index in [4.69, 9.17) is 4.74 Å². The molecule has 1 aliphatic heterocycles. The van der Waals surface area contributed by atoms with Crippen LogP contribution < -0.4 is 5.32 Å². The van der Waals surface area contributed by atoms with Crippen LogP contribution in [0.2, 0.25) is 0 Å². The summed E-state index contributed by atoms with van der Waals surface area (Å²) in [6.45, 7) is 1.74. The van der Waals surface area contributed by atoms with E-state index in [0.717, 1.165) is 31.8 Å². The normalized spacial score (nSPS) is 14.6. The fraction of sp³-hybridized carbons (Fsp3) is 0.308. The second kappa shape index (κ2) is 8.40. The van der Waals surface area contributed by atoms with E-state index in [-0.39, 0.29) is 0 Å². The van der Waals surface area contributed by atoms with Crippen LogP contribution >= 0.6 is 0 Å². The Morgan fingerprint density at radius 3 is 2.48 bits per heavy atom. The Bertz CT molecular complexity index is 596. The number of hydrogen-bond acceptors (Lipinski definition) is 6. The van der Waals surface area contributed by atoms with Crippen molar-refractivity contribution in [2.24, 2.45) is 0 Å². The third-order valence-corrected chi connectivity index (χ3v) is 2.91. The summed E-state index contributed by atoms with van der Waals surface area (Å²) in [6.07, 6.45) is 3.84. The molecule has 0 saturated carbocycles. The maximum absolute atomic E-state index is 9.22. The molecule has 1 aromatic rings. The Hall–Kier alpha value is -1.90. The molecule has 1 aliphatic rings. The SMILES string of the molecule is COS(=O)(=O)[O-].C[N+]1=C(/C=C\Nc2ccccc2)OCC1. The van der Waals surface area contributed by atoms with E-state index in [0.29, 0.717) is 0 Å². The minimum absolute atomic E-state index is 0.779. The van der Waals surface area contributed by atoms with Crippen LogP contribution in [0.3, 0.4) is 0 Å². The summed E-state index contributed by atoms with van der Waals surface area (Å²) in [6, 6.07) is 10.0. The van der Waals surface area contributed by atoms with Gasteiger partial charge in [0, 0.05) is 11.9 Å². The lowest BCUT2D eigenvalue weighted by Crippen LogP contribution is -2.08. The Balaban J connectivity index is 0.000000315. The highest BCUT2D eigenvalue weighted by atomic mass is 32.3. The average molecular weight is 314 g/mol. The number of para-hydroxylation sites is 1. The molecule has 0 fully saturated rings. The molecule has 0 saturated heterocycles. The summed E-state index contributed by atoms with van der Waals surface area (Å²) in [7, 11) is -1.58. The third kappa shape index (κ3) is 7.45. The van der Waals surface area contributed by atoms with Gasteiger partial charge in [0.25, 0.3) is 0 Å². The number of benzene rings is 1. The molecule has 0 aromatic heterocycles. The van der Waals surface area contributed by atoms with Crippen molar-refractivity contribution in [3.05, 3.63) is 42.6 Å². The number of hydrogen-bond donors (Lipinski definition) is 1. The van der Waals surface area contributed by atoms with Crippen LogP contribution in [0, 0.1) is 0 Å². The van der Waals surface area contributed by atoms with E-state index < -0.39 is 10.4 Å². The molecular weight excluding hydrogens is 296 g/mol. The number of nitrogens with zero attached hydrogens (tertiary/aromatic N) is 1. The zero-order valence-corrected chi connectivity index (χ0v) is 12.7. The van der Waals surface area contributed by atoms with Gasteiger partial charge in [-0.05, 0) is 12.1 Å². The highest BCUT2D eigenvalue weighted by Gasteiger charge is 2.16. The molecule has 7 nitrogen and oxygen atoms in total. The lowest BCUT2D eigenvalue weighted by molar-refractivity contribution is -0.486. The fourth-order valence-corrected chi connectivity index (χ4v) is 1.43. The van der Waals surface area contributed by atoms with Crippen LogP contribution in [0.4, 0.5) is 5.69 Å². The van der Waals surface area contributed by atoms with Gasteiger partial charge < -0.3 is 14.6 Å². The Labute approximate surface area is 124 Å². The summed E-state index contributed by atoms with van der Waals surface area (Å²) in [4.78, 5) is 0. The van der Waals surface area contributed by atoms with Gasteiger partial charge in [-0.25, -0.2) is 8.42 Å². The van der Waals surface area contributed by atoms with Crippen LogP contribution in [-0.2, 0) is 19.3 Å². The van der Waals surface area contributed by atoms with Crippen molar-refractivity contribution in [2.75, 3.05) is 32.6 Å². The van der Waals surface area contributed by atoms with Gasteiger partial charge in [-0.2, -0.15) is 4.58 Å². The molecule has 0 bridgehead atoms. The molecular formula is C13H18N2O5S. The van der Waals surface area contributed by atoms with E-state index >= 15 is 0 Å². The highest BCUT2D eigenvalue weighted by molar-refractivity contribution is 7.80. The molecule has 0 aliphatic carbocycles. The monoisotopic (exact) mass is 314 g/mol. The smallest absolute Gasteiger partial charge is 0.363 e. The maximum atomic E-state index is 9.22. The highest BCUT2D eigenvalue weighted by Crippen LogP contribution is 2.04. The topological polar surface area (TPSA) is 90.7 Å². The molecule has 0 radical (unpaired) electrons. The molecule has 0 atom stereocenters. The zero-order chi connectivity index (χ0) is 15.7. The van der Waals surface area contributed by atoms with E-state index in [1.807, 2.05) is 49.7 Å². The maximum Gasteiger partial charge on any atom is 0.363 e. The Kier molecular flexibility index (Phi) is 6.86. The first-order valence-corrected chi connectivity index (χ1v) is 7.46. The van der Waals surface area contributed by atoms with E-state index in [9.17, 15) is 13.0 Å². The fourth-order valence-electron chi connectivity index (χ4n) is 1.43. The summed E-state index contributed by atoms with van der Waals surface area (Å²) in [5, 5.41) is 3.18. The minimum Gasteiger partial charge on any atom is -0.726 e. The van der Waals surface area contributed by atoms with Crippen molar-refractivity contribution in [1.82, 2.24) is 0 Å². The standard InChI is InChI=1S/C12H14N2O.CH4O4S/c1-14-9-10-15-12(14)7-8-13-11-5-3-2-4-6-11;1-5-6(2,3)4/h2-8H,9-10H2,1H3;1H3,(H,2,3,4). The Morgan fingerprint density at radius 2 is 2.00 bits per heavy atom. The van der Waals surface area contributed by atoms with Crippen molar-refractivity contribution in [3.63, 3.8) is 0 Å². The van der Waals surface area contributed by atoms with Crippen molar-refractivity contribution in [2.45, 2.75) is 0 Å². The number of nitrogens with one attached hydrogen (secondary N) is 1.